The normalized spacial score (nSPS) is 26.4. The van der Waals surface area contributed by atoms with Crippen LogP contribution in [0, 0.1) is 17.1 Å². The van der Waals surface area contributed by atoms with E-state index in [0.29, 0.717) is 45.5 Å². The summed E-state index contributed by atoms with van der Waals surface area (Å²) in [6.45, 7) is -1.45. The lowest BCUT2D eigenvalue weighted by molar-refractivity contribution is -0.0579. The lowest BCUT2D eigenvalue weighted by Gasteiger charge is -2.46. The molecule has 4 heterocycles. The maximum atomic E-state index is 15.4. The zero-order valence-electron chi connectivity index (χ0n) is 22.1. The minimum absolute atomic E-state index is 0.0162. The number of benzene rings is 2. The molecule has 1 amide bonds. The SMILES string of the molecule is CN1C(=O)c2cccc(OC(F)F)c2[C@@H]2CC1c1nc3ccc(-c4cnc(C5(C#N)CC(C)(O)C5)c(F)c4)cc3n12. The molecule has 1 fully saturated rings. The lowest BCUT2D eigenvalue weighted by Crippen LogP contribution is -2.52. The van der Waals surface area contributed by atoms with Gasteiger partial charge >= 0.3 is 6.61 Å². The van der Waals surface area contributed by atoms with Gasteiger partial charge in [0.2, 0.25) is 0 Å². The van der Waals surface area contributed by atoms with Crippen molar-refractivity contribution in [2.45, 2.75) is 55.9 Å². The first kappa shape index (κ1) is 25.5. The highest BCUT2D eigenvalue weighted by Crippen LogP contribution is 2.51. The fourth-order valence-electron chi connectivity index (χ4n) is 6.95. The highest BCUT2D eigenvalue weighted by atomic mass is 19.3. The number of amides is 1. The van der Waals surface area contributed by atoms with Crippen molar-refractivity contribution in [2.75, 3.05) is 7.05 Å². The number of pyridine rings is 1. The van der Waals surface area contributed by atoms with Crippen LogP contribution in [0.15, 0.2) is 48.7 Å². The molecule has 2 aromatic carbocycles. The van der Waals surface area contributed by atoms with E-state index in [9.17, 15) is 23.9 Å². The van der Waals surface area contributed by atoms with Gasteiger partial charge in [-0.15, -0.1) is 0 Å². The number of carbonyl (C=O) groups excluding carboxylic acids is 1. The monoisotopic (exact) mass is 559 g/mol. The minimum atomic E-state index is -3.06. The first-order valence-electron chi connectivity index (χ1n) is 13.2. The average Bonchev–Trinajstić information content (AvgIpc) is 3.44. The van der Waals surface area contributed by atoms with Crippen molar-refractivity contribution >= 4 is 16.9 Å². The number of nitriles is 1. The predicted molar refractivity (Wildman–Crippen MR) is 141 cm³/mol. The predicted octanol–water partition coefficient (Wildman–Crippen LogP) is 5.26. The van der Waals surface area contributed by atoms with Crippen LogP contribution in [0.5, 0.6) is 5.75 Å². The number of halogens is 3. The van der Waals surface area contributed by atoms with E-state index < -0.39 is 29.5 Å². The molecule has 1 aliphatic carbocycles. The third kappa shape index (κ3) is 3.67. The molecule has 1 unspecified atom stereocenters. The Hall–Kier alpha value is -4.43. The van der Waals surface area contributed by atoms with Crippen molar-refractivity contribution in [1.82, 2.24) is 19.4 Å². The molecule has 3 aliphatic rings. The highest BCUT2D eigenvalue weighted by Gasteiger charge is 2.55. The summed E-state index contributed by atoms with van der Waals surface area (Å²) in [7, 11) is 1.67. The zero-order chi connectivity index (χ0) is 28.8. The molecule has 0 radical (unpaired) electrons. The van der Waals surface area contributed by atoms with Gasteiger partial charge in [0.25, 0.3) is 5.91 Å². The summed E-state index contributed by atoms with van der Waals surface area (Å²) in [5.41, 5.74) is 0.941. The van der Waals surface area contributed by atoms with Crippen molar-refractivity contribution in [3.05, 3.63) is 77.1 Å². The Morgan fingerprint density at radius 2 is 1.95 bits per heavy atom. The standard InChI is InChI=1S/C30H24F3N5O3/c1-29(40)12-30(13-29,14-34)25-18(31)8-16(11-35-25)15-6-7-19-20(9-15)38-21-10-22(26(38)36-19)37(2)27(39)17-4-3-5-23(24(17)21)41-28(32)33/h3-9,11,21-22,28,40H,10,12-13H2,1-2H3/t21-,22?,29?,30?/m0/s1. The summed E-state index contributed by atoms with van der Waals surface area (Å²) >= 11 is 0. The molecule has 7 rings (SSSR count). The van der Waals surface area contributed by atoms with Crippen LogP contribution < -0.4 is 4.74 Å². The molecule has 8 nitrogen and oxygen atoms in total. The number of carbonyl (C=O) groups is 1. The molecule has 1 N–H and O–H groups in total. The summed E-state index contributed by atoms with van der Waals surface area (Å²) in [4.78, 5) is 24.0. The molecule has 1 saturated carbocycles. The molecule has 11 heteroatoms. The first-order chi connectivity index (χ1) is 19.5. The van der Waals surface area contributed by atoms with E-state index in [2.05, 4.69) is 11.1 Å². The van der Waals surface area contributed by atoms with Gasteiger partial charge in [0, 0.05) is 49.2 Å². The topological polar surface area (TPSA) is 104 Å². The highest BCUT2D eigenvalue weighted by molar-refractivity contribution is 5.98. The van der Waals surface area contributed by atoms with E-state index in [-0.39, 0.29) is 36.2 Å². The first-order valence-corrected chi connectivity index (χ1v) is 13.2. The summed E-state index contributed by atoms with van der Waals surface area (Å²) in [5, 5.41) is 19.9. The van der Waals surface area contributed by atoms with Gasteiger partial charge in [-0.25, -0.2) is 9.37 Å². The van der Waals surface area contributed by atoms with E-state index in [1.165, 1.54) is 24.4 Å². The van der Waals surface area contributed by atoms with Gasteiger partial charge in [0.05, 0.1) is 40.5 Å². The second kappa shape index (κ2) is 8.54. The number of aromatic nitrogens is 3. The Morgan fingerprint density at radius 1 is 1.17 bits per heavy atom. The number of hydrogen-bond acceptors (Lipinski definition) is 6. The Labute approximate surface area is 232 Å². The number of alkyl halides is 2. The van der Waals surface area contributed by atoms with Crippen molar-refractivity contribution in [2.24, 2.45) is 0 Å². The fourth-order valence-corrected chi connectivity index (χ4v) is 6.95. The minimum Gasteiger partial charge on any atom is -0.434 e. The molecule has 2 aromatic heterocycles. The maximum Gasteiger partial charge on any atom is 0.387 e. The lowest BCUT2D eigenvalue weighted by atomic mass is 9.59. The molecule has 2 aliphatic heterocycles. The maximum absolute atomic E-state index is 15.4. The summed E-state index contributed by atoms with van der Waals surface area (Å²) < 4.78 is 48.9. The number of imidazole rings is 1. The fraction of sp³-hybridized carbons (Fsp3) is 0.333. The van der Waals surface area contributed by atoms with Crippen LogP contribution in [0.3, 0.4) is 0 Å². The van der Waals surface area contributed by atoms with Crippen molar-refractivity contribution in [1.29, 1.82) is 5.26 Å². The van der Waals surface area contributed by atoms with E-state index in [1.807, 2.05) is 10.6 Å². The van der Waals surface area contributed by atoms with Crippen molar-refractivity contribution < 1.29 is 27.8 Å². The molecule has 0 saturated heterocycles. The number of rotatable bonds is 4. The summed E-state index contributed by atoms with van der Waals surface area (Å²) in [6.07, 6.45) is 2.15. The van der Waals surface area contributed by atoms with Gasteiger partial charge in [0.15, 0.2) is 0 Å². The van der Waals surface area contributed by atoms with Crippen LogP contribution >= 0.6 is 0 Å². The average molecular weight is 560 g/mol. The Balaban J connectivity index is 1.34. The number of hydrogen-bond donors (Lipinski definition) is 1. The van der Waals surface area contributed by atoms with E-state index >= 15 is 4.39 Å². The van der Waals surface area contributed by atoms with E-state index in [0.717, 1.165) is 0 Å². The zero-order valence-corrected chi connectivity index (χ0v) is 22.1. The molecule has 4 aromatic rings. The van der Waals surface area contributed by atoms with Crippen LogP contribution in [0.4, 0.5) is 13.2 Å². The number of ether oxygens (including phenoxy) is 1. The number of aliphatic hydroxyl groups is 1. The summed E-state index contributed by atoms with van der Waals surface area (Å²) in [5.74, 6) is -0.355. The Morgan fingerprint density at radius 3 is 2.63 bits per heavy atom. The van der Waals surface area contributed by atoms with E-state index in [1.54, 1.807) is 37.1 Å². The van der Waals surface area contributed by atoms with Crippen LogP contribution in [0.1, 0.15) is 65.7 Å². The van der Waals surface area contributed by atoms with Crippen LogP contribution in [-0.4, -0.2) is 49.7 Å². The van der Waals surface area contributed by atoms with E-state index in [4.69, 9.17) is 9.72 Å². The molecule has 2 bridgehead atoms. The van der Waals surface area contributed by atoms with Gasteiger partial charge in [-0.2, -0.15) is 14.0 Å². The van der Waals surface area contributed by atoms with Crippen LogP contribution in [0.25, 0.3) is 22.2 Å². The Kier molecular flexibility index (Phi) is 5.32. The van der Waals surface area contributed by atoms with Gasteiger partial charge in [-0.3, -0.25) is 9.78 Å². The van der Waals surface area contributed by atoms with Crippen molar-refractivity contribution in [3.63, 3.8) is 0 Å². The number of nitrogens with zero attached hydrogens (tertiary/aromatic N) is 5. The largest absolute Gasteiger partial charge is 0.434 e. The Bertz CT molecular complexity index is 1800. The molecular weight excluding hydrogens is 535 g/mol. The second-order valence-electron chi connectivity index (χ2n) is 11.4. The molecule has 208 valence electrons. The summed E-state index contributed by atoms with van der Waals surface area (Å²) in [6, 6.07) is 12.6. The third-order valence-corrected chi connectivity index (χ3v) is 8.61. The van der Waals surface area contributed by atoms with Gasteiger partial charge in [0.1, 0.15) is 22.8 Å². The van der Waals surface area contributed by atoms with Gasteiger partial charge in [-0.1, -0.05) is 12.1 Å². The van der Waals surface area contributed by atoms with Crippen molar-refractivity contribution in [3.8, 4) is 22.9 Å². The smallest absolute Gasteiger partial charge is 0.387 e. The third-order valence-electron chi connectivity index (χ3n) is 8.61. The molecule has 0 spiro atoms. The van der Waals surface area contributed by atoms with Crippen LogP contribution in [-0.2, 0) is 5.41 Å². The molecular formula is C30H24F3N5O3. The van der Waals surface area contributed by atoms with Gasteiger partial charge < -0.3 is 19.3 Å². The second-order valence-corrected chi connectivity index (χ2v) is 11.4. The molecule has 41 heavy (non-hydrogen) atoms. The number of fused-ring (bicyclic) bond motifs is 9. The van der Waals surface area contributed by atoms with Gasteiger partial charge in [-0.05, 0) is 42.8 Å². The molecule has 2 atom stereocenters. The van der Waals surface area contributed by atoms with Crippen LogP contribution in [0.2, 0.25) is 0 Å². The quantitative estimate of drug-likeness (QED) is 0.366.